The minimum Gasteiger partial charge on any atom is -0.475 e. The number of hydrogen-bond donors (Lipinski definition) is 2. The molecular formula is C47H77F3N4O10. The molecule has 1 aliphatic rings. The number of halogens is 3. The topological polar surface area (TPSA) is 186 Å². The maximum absolute atomic E-state index is 14.3. The fourth-order valence-corrected chi connectivity index (χ4v) is 8.71. The van der Waals surface area contributed by atoms with Crippen molar-refractivity contribution >= 4 is 35.3 Å². The Morgan fingerprint density at radius 1 is 0.875 bits per heavy atom. The number of nitrogens with two attached hydrogens (primary N) is 1. The maximum Gasteiger partial charge on any atom is 0.490 e. The second-order valence-corrected chi connectivity index (χ2v) is 18.1. The van der Waals surface area contributed by atoms with Crippen LogP contribution in [0.5, 0.6) is 0 Å². The third-order valence-electron chi connectivity index (χ3n) is 12.4. The van der Waals surface area contributed by atoms with Gasteiger partial charge in [-0.2, -0.15) is 13.2 Å². The molecule has 1 saturated heterocycles. The van der Waals surface area contributed by atoms with Crippen molar-refractivity contribution in [2.24, 2.45) is 41.2 Å². The van der Waals surface area contributed by atoms with Crippen LogP contribution in [-0.2, 0) is 49.4 Å². The summed E-state index contributed by atoms with van der Waals surface area (Å²) in [5.74, 6) is -5.40. The molecule has 14 nitrogen and oxygen atoms in total. The van der Waals surface area contributed by atoms with Crippen LogP contribution < -0.4 is 5.73 Å². The number of likely N-dealkylation sites (N-methyl/N-ethyl adjacent to an activating group) is 2. The van der Waals surface area contributed by atoms with E-state index in [1.807, 2.05) is 77.0 Å². The molecule has 1 aromatic carbocycles. The van der Waals surface area contributed by atoms with Crippen molar-refractivity contribution < 1.29 is 61.3 Å². The van der Waals surface area contributed by atoms with Crippen molar-refractivity contribution in [3.05, 3.63) is 35.9 Å². The summed E-state index contributed by atoms with van der Waals surface area (Å²) in [4.78, 5) is 83.8. The predicted octanol–water partition coefficient (Wildman–Crippen LogP) is 6.07. The van der Waals surface area contributed by atoms with E-state index in [9.17, 15) is 37.1 Å². The number of likely N-dealkylation sites (tertiary alicyclic amines) is 1. The Balaban J connectivity index is 0.00000269. The van der Waals surface area contributed by atoms with Gasteiger partial charge in [-0.1, -0.05) is 85.2 Å². The summed E-state index contributed by atoms with van der Waals surface area (Å²) in [6, 6.07) is 8.45. The Morgan fingerprint density at radius 3 is 1.91 bits per heavy atom. The average molecular weight is 915 g/mol. The van der Waals surface area contributed by atoms with Crippen molar-refractivity contribution in [3.63, 3.8) is 0 Å². The number of Topliss-reactive ketones (excluding diaryl/α,β-unsaturated/α-hetero) is 2. The van der Waals surface area contributed by atoms with Crippen LogP contribution in [0.4, 0.5) is 13.2 Å². The van der Waals surface area contributed by atoms with Gasteiger partial charge in [-0.3, -0.25) is 28.9 Å². The molecule has 3 N–H and O–H groups in total. The molecule has 1 aliphatic heterocycles. The molecule has 1 heterocycles. The number of esters is 1. The highest BCUT2D eigenvalue weighted by Crippen LogP contribution is 2.32. The Hall–Kier alpha value is -3.93. The molecule has 10 atom stereocenters. The van der Waals surface area contributed by atoms with Crippen LogP contribution in [0.3, 0.4) is 0 Å². The smallest absolute Gasteiger partial charge is 0.475 e. The highest BCUT2D eigenvalue weighted by molar-refractivity contribution is 5.90. The maximum atomic E-state index is 14.3. The zero-order valence-electron chi connectivity index (χ0n) is 40.4. The third-order valence-corrected chi connectivity index (χ3v) is 12.4. The first kappa shape index (κ1) is 58.1. The first-order valence-electron chi connectivity index (χ1n) is 22.4. The van der Waals surface area contributed by atoms with Gasteiger partial charge in [0, 0.05) is 59.0 Å². The lowest BCUT2D eigenvalue weighted by Crippen LogP contribution is -2.54. The number of ketones is 2. The number of aliphatic carboxylic acids is 1. The number of carbonyl (C=O) groups is 6. The fraction of sp³-hybridized carbons (Fsp3) is 0.745. The molecule has 0 spiro atoms. The number of rotatable bonds is 25. The average Bonchev–Trinajstić information content (AvgIpc) is 3.71. The monoisotopic (exact) mass is 915 g/mol. The fourth-order valence-electron chi connectivity index (χ4n) is 8.71. The summed E-state index contributed by atoms with van der Waals surface area (Å²) in [7, 11) is 8.69. The van der Waals surface area contributed by atoms with Crippen molar-refractivity contribution in [1.29, 1.82) is 0 Å². The van der Waals surface area contributed by atoms with Gasteiger partial charge in [0.1, 0.15) is 11.9 Å². The summed E-state index contributed by atoms with van der Waals surface area (Å²) in [6.45, 7) is 16.3. The number of alkyl halides is 3. The molecule has 0 radical (unpaired) electrons. The van der Waals surface area contributed by atoms with Gasteiger partial charge in [0.2, 0.25) is 11.8 Å². The zero-order valence-corrected chi connectivity index (χ0v) is 40.4. The number of hydrogen-bond acceptors (Lipinski definition) is 11. The van der Waals surface area contributed by atoms with Gasteiger partial charge in [-0.25, -0.2) is 4.79 Å². The summed E-state index contributed by atoms with van der Waals surface area (Å²) in [5, 5.41) is 7.12. The van der Waals surface area contributed by atoms with E-state index in [1.54, 1.807) is 44.9 Å². The summed E-state index contributed by atoms with van der Waals surface area (Å²) in [6.07, 6.45) is -4.15. The van der Waals surface area contributed by atoms with E-state index in [4.69, 9.17) is 29.8 Å². The van der Waals surface area contributed by atoms with Gasteiger partial charge in [0.15, 0.2) is 5.78 Å². The van der Waals surface area contributed by atoms with Crippen LogP contribution in [0.2, 0.25) is 0 Å². The number of carboxylic acid groups (broad SMARTS) is 1. The lowest BCUT2D eigenvalue weighted by atomic mass is 9.83. The number of amides is 2. The Kier molecular flexibility index (Phi) is 25.0. The van der Waals surface area contributed by atoms with Gasteiger partial charge in [0.25, 0.3) is 0 Å². The second-order valence-electron chi connectivity index (χ2n) is 18.1. The quantitative estimate of drug-likeness (QED) is 0.108. The molecule has 2 amide bonds. The van der Waals surface area contributed by atoms with Crippen LogP contribution in [0, 0.1) is 35.5 Å². The second kappa shape index (κ2) is 27.5. The molecule has 2 rings (SSSR count). The summed E-state index contributed by atoms with van der Waals surface area (Å²) >= 11 is 0. The molecule has 1 unspecified atom stereocenters. The van der Waals surface area contributed by atoms with Crippen LogP contribution in [0.25, 0.3) is 0 Å². The zero-order chi connectivity index (χ0) is 49.2. The molecule has 0 aliphatic carbocycles. The molecule has 0 saturated carbocycles. The Morgan fingerprint density at radius 2 is 1.45 bits per heavy atom. The Labute approximate surface area is 379 Å². The molecule has 1 aromatic rings. The molecule has 1 fully saturated rings. The van der Waals surface area contributed by atoms with Crippen molar-refractivity contribution in [2.45, 2.75) is 143 Å². The van der Waals surface area contributed by atoms with Crippen LogP contribution in [-0.4, -0.2) is 146 Å². The highest BCUT2D eigenvalue weighted by atomic mass is 19.4. The van der Waals surface area contributed by atoms with E-state index < -0.39 is 60.2 Å². The van der Waals surface area contributed by atoms with Crippen molar-refractivity contribution in [2.75, 3.05) is 48.5 Å². The van der Waals surface area contributed by atoms with Crippen LogP contribution >= 0.6 is 0 Å². The molecule has 366 valence electrons. The first-order chi connectivity index (χ1) is 29.8. The van der Waals surface area contributed by atoms with E-state index >= 15 is 0 Å². The molecule has 0 aromatic heterocycles. The molecule has 64 heavy (non-hydrogen) atoms. The van der Waals surface area contributed by atoms with E-state index in [0.717, 1.165) is 18.4 Å². The minimum absolute atomic E-state index is 0.00694. The van der Waals surface area contributed by atoms with Gasteiger partial charge >= 0.3 is 18.1 Å². The molecular weight excluding hydrogens is 838 g/mol. The first-order valence-corrected chi connectivity index (χ1v) is 22.4. The molecule has 0 bridgehead atoms. The van der Waals surface area contributed by atoms with Crippen LogP contribution in [0.15, 0.2) is 30.3 Å². The van der Waals surface area contributed by atoms with Gasteiger partial charge in [0.05, 0.1) is 42.7 Å². The lowest BCUT2D eigenvalue weighted by molar-refractivity contribution is -0.192. The Bertz CT molecular complexity index is 1620. The normalized spacial score (nSPS) is 18.5. The largest absolute Gasteiger partial charge is 0.490 e. The minimum atomic E-state index is -5.08. The van der Waals surface area contributed by atoms with Crippen molar-refractivity contribution in [1.82, 2.24) is 14.7 Å². The lowest BCUT2D eigenvalue weighted by Gasteiger charge is -2.41. The van der Waals surface area contributed by atoms with E-state index in [1.165, 1.54) is 0 Å². The summed E-state index contributed by atoms with van der Waals surface area (Å²) < 4.78 is 49.4. The highest BCUT2D eigenvalue weighted by Gasteiger charge is 2.44. The molecule has 17 heteroatoms. The van der Waals surface area contributed by atoms with Crippen molar-refractivity contribution in [3.8, 4) is 0 Å². The number of ether oxygens (including phenoxy) is 3. The van der Waals surface area contributed by atoms with Crippen LogP contribution in [0.1, 0.15) is 99.5 Å². The summed E-state index contributed by atoms with van der Waals surface area (Å²) in [5.41, 5.74) is 6.65. The van der Waals surface area contributed by atoms with Gasteiger partial charge < -0.3 is 34.9 Å². The number of benzene rings is 1. The van der Waals surface area contributed by atoms with E-state index in [2.05, 4.69) is 13.8 Å². The standard InChI is InChI=1S/C45H76N4O8.C2HF3O2/c1-14-30(6)42(48(11)44(53)35(28(2)3)25-38(51)41(29(4)5)47(9)10)39(55-12)26-40(52)49-22-18-21-36(49)43(56-13)32(8)37(50)24-34(45(54)57-31(7)27-46)23-33-19-16-15-17-20-33;3-2(4,5)1(6)7/h15-17,19-20,28-32,34-36,39,41-43H,14,18,21-27,46H2,1-13H3;(H,6,7)/t30-,31?,32-,34+,35-,36-,39+,41-,42-,43+;/m0./s1. The SMILES string of the molecule is CC[C@H](C)[C@@H]([C@@H](CC(=O)N1CCC[C@H]1[C@H](OC)[C@@H](C)C(=O)C[C@@H](Cc1ccccc1)C(=O)OC(C)CN)OC)N(C)C(=O)[C@@H](CC(=O)[C@H](C(C)C)N(C)C)C(C)C.O=C(O)C(F)(F)F. The van der Waals surface area contributed by atoms with Gasteiger partial charge in [-0.05, 0) is 63.6 Å². The number of methoxy groups -OCH3 is 2. The predicted molar refractivity (Wildman–Crippen MR) is 238 cm³/mol. The third kappa shape index (κ3) is 17.5. The van der Waals surface area contributed by atoms with E-state index in [0.29, 0.717) is 19.4 Å². The van der Waals surface area contributed by atoms with E-state index in [-0.39, 0.29) is 79.0 Å². The van der Waals surface area contributed by atoms with Gasteiger partial charge in [-0.15, -0.1) is 0 Å². The number of carbonyl (C=O) groups excluding carboxylic acids is 5. The number of carboxylic acids is 1. The number of nitrogens with zero attached hydrogens (tertiary/aromatic N) is 3.